The van der Waals surface area contributed by atoms with Gasteiger partial charge in [-0.2, -0.15) is 0 Å². The van der Waals surface area contributed by atoms with Crippen molar-refractivity contribution in [3.8, 4) is 0 Å². The third-order valence-corrected chi connectivity index (χ3v) is 3.61. The van der Waals surface area contributed by atoms with Crippen LogP contribution in [0.1, 0.15) is 12.0 Å². The van der Waals surface area contributed by atoms with Crippen molar-refractivity contribution in [1.29, 1.82) is 0 Å². The molecule has 0 aromatic heterocycles. The molecule has 0 bridgehead atoms. The molecule has 1 aliphatic heterocycles. The third kappa shape index (κ3) is 4.27. The van der Waals surface area contributed by atoms with Crippen LogP contribution in [-0.4, -0.2) is 44.7 Å². The molecule has 114 valence electrons. The minimum atomic E-state index is -0.222. The van der Waals surface area contributed by atoms with Crippen molar-refractivity contribution in [2.24, 2.45) is 0 Å². The minimum absolute atomic E-state index is 0.0347. The minimum Gasteiger partial charge on any atom is -0.380 e. The highest BCUT2D eigenvalue weighted by Gasteiger charge is 2.29. The van der Waals surface area contributed by atoms with Gasteiger partial charge in [0.05, 0.1) is 18.6 Å². The molecule has 0 aliphatic carbocycles. The lowest BCUT2D eigenvalue weighted by atomic mass is 10.1. The lowest BCUT2D eigenvalue weighted by Gasteiger charge is -2.11. The Balaban J connectivity index is 1.88. The fraction of sp³-hybridized carbons (Fsp3) is 0.467. The summed E-state index contributed by atoms with van der Waals surface area (Å²) in [6.07, 6.45) is 1.11. The predicted molar refractivity (Wildman–Crippen MR) is 80.0 cm³/mol. The summed E-state index contributed by atoms with van der Waals surface area (Å²) >= 11 is 0. The van der Waals surface area contributed by atoms with Gasteiger partial charge in [-0.25, -0.2) is 0 Å². The zero-order valence-corrected chi connectivity index (χ0v) is 12.3. The SMILES string of the molecule is CNC(=O)Cc1ccc(NC(=O)C2CC(OC)CN2)cc1. The number of carbonyl (C=O) groups excluding carboxylic acids is 2. The first-order valence-electron chi connectivity index (χ1n) is 6.99. The number of rotatable bonds is 5. The van der Waals surface area contributed by atoms with Gasteiger partial charge in [-0.3, -0.25) is 9.59 Å². The standard InChI is InChI=1S/C15H21N3O3/c1-16-14(19)7-10-3-5-11(6-4-10)18-15(20)13-8-12(21-2)9-17-13/h3-6,12-13,17H,7-9H2,1-2H3,(H,16,19)(H,18,20). The molecule has 1 aliphatic rings. The van der Waals surface area contributed by atoms with Crippen LogP contribution >= 0.6 is 0 Å². The lowest BCUT2D eigenvalue weighted by Crippen LogP contribution is -2.35. The number of carbonyl (C=O) groups is 2. The van der Waals surface area contributed by atoms with E-state index < -0.39 is 0 Å². The van der Waals surface area contributed by atoms with Crippen LogP contribution in [0.3, 0.4) is 0 Å². The van der Waals surface area contributed by atoms with E-state index in [2.05, 4.69) is 16.0 Å². The van der Waals surface area contributed by atoms with Crippen molar-refractivity contribution >= 4 is 17.5 Å². The number of hydrogen-bond donors (Lipinski definition) is 3. The first-order valence-corrected chi connectivity index (χ1v) is 6.99. The van der Waals surface area contributed by atoms with E-state index in [9.17, 15) is 9.59 Å². The Morgan fingerprint density at radius 2 is 2.05 bits per heavy atom. The molecule has 1 heterocycles. The van der Waals surface area contributed by atoms with Gasteiger partial charge in [-0.1, -0.05) is 12.1 Å². The zero-order chi connectivity index (χ0) is 15.2. The Morgan fingerprint density at radius 3 is 2.62 bits per heavy atom. The quantitative estimate of drug-likeness (QED) is 0.728. The summed E-state index contributed by atoms with van der Waals surface area (Å²) in [4.78, 5) is 23.4. The van der Waals surface area contributed by atoms with Crippen LogP contribution in [-0.2, 0) is 20.7 Å². The molecule has 1 saturated heterocycles. The van der Waals surface area contributed by atoms with E-state index in [0.29, 0.717) is 19.4 Å². The Morgan fingerprint density at radius 1 is 1.33 bits per heavy atom. The Hall–Kier alpha value is -1.92. The summed E-state index contributed by atoms with van der Waals surface area (Å²) in [6.45, 7) is 0.694. The molecule has 2 rings (SSSR count). The van der Waals surface area contributed by atoms with Crippen LogP contribution in [0.4, 0.5) is 5.69 Å². The molecule has 1 fully saturated rings. The van der Waals surface area contributed by atoms with E-state index in [0.717, 1.165) is 11.3 Å². The summed E-state index contributed by atoms with van der Waals surface area (Å²) in [6, 6.07) is 7.06. The smallest absolute Gasteiger partial charge is 0.241 e. The number of ether oxygens (including phenoxy) is 1. The van der Waals surface area contributed by atoms with Crippen LogP contribution < -0.4 is 16.0 Å². The van der Waals surface area contributed by atoms with Crippen molar-refractivity contribution in [3.63, 3.8) is 0 Å². The van der Waals surface area contributed by atoms with Gasteiger partial charge in [0.25, 0.3) is 0 Å². The molecule has 0 saturated carbocycles. The van der Waals surface area contributed by atoms with Gasteiger partial charge in [-0.05, 0) is 24.1 Å². The highest BCUT2D eigenvalue weighted by Crippen LogP contribution is 2.14. The number of hydrogen-bond acceptors (Lipinski definition) is 4. The topological polar surface area (TPSA) is 79.5 Å². The summed E-state index contributed by atoms with van der Waals surface area (Å²) in [7, 11) is 3.26. The van der Waals surface area contributed by atoms with Crippen molar-refractivity contribution in [3.05, 3.63) is 29.8 Å². The molecule has 6 heteroatoms. The summed E-state index contributed by atoms with van der Waals surface area (Å²) < 4.78 is 5.22. The molecule has 2 amide bonds. The number of methoxy groups -OCH3 is 1. The molecule has 21 heavy (non-hydrogen) atoms. The van der Waals surface area contributed by atoms with E-state index >= 15 is 0 Å². The monoisotopic (exact) mass is 291 g/mol. The van der Waals surface area contributed by atoms with Gasteiger partial charge in [0, 0.05) is 26.4 Å². The van der Waals surface area contributed by atoms with E-state index in [-0.39, 0.29) is 24.0 Å². The molecule has 2 unspecified atom stereocenters. The van der Waals surface area contributed by atoms with Gasteiger partial charge < -0.3 is 20.7 Å². The third-order valence-electron chi connectivity index (χ3n) is 3.61. The number of nitrogens with one attached hydrogen (secondary N) is 3. The van der Waals surface area contributed by atoms with E-state index in [1.165, 1.54) is 0 Å². The molecule has 1 aromatic carbocycles. The number of amides is 2. The highest BCUT2D eigenvalue weighted by atomic mass is 16.5. The summed E-state index contributed by atoms with van der Waals surface area (Å²) in [5, 5.41) is 8.58. The molecule has 3 N–H and O–H groups in total. The first kappa shape index (κ1) is 15.5. The van der Waals surface area contributed by atoms with Crippen molar-refractivity contribution < 1.29 is 14.3 Å². The largest absolute Gasteiger partial charge is 0.380 e. The van der Waals surface area contributed by atoms with E-state index in [1.807, 2.05) is 12.1 Å². The average Bonchev–Trinajstić information content (AvgIpc) is 2.98. The number of benzene rings is 1. The fourth-order valence-electron chi connectivity index (χ4n) is 2.29. The van der Waals surface area contributed by atoms with Crippen LogP contribution in [0.25, 0.3) is 0 Å². The van der Waals surface area contributed by atoms with Gasteiger partial charge in [0.2, 0.25) is 11.8 Å². The summed E-state index contributed by atoms with van der Waals surface area (Å²) in [5.41, 5.74) is 1.63. The number of likely N-dealkylation sites (N-methyl/N-ethyl adjacent to an activating group) is 1. The van der Waals surface area contributed by atoms with E-state index in [1.54, 1.807) is 26.3 Å². The maximum atomic E-state index is 12.1. The fourth-order valence-corrected chi connectivity index (χ4v) is 2.29. The van der Waals surface area contributed by atoms with Crippen LogP contribution in [0, 0.1) is 0 Å². The van der Waals surface area contributed by atoms with Gasteiger partial charge >= 0.3 is 0 Å². The Kier molecular flexibility index (Phi) is 5.30. The molecule has 1 aromatic rings. The Labute approximate surface area is 124 Å². The van der Waals surface area contributed by atoms with Crippen LogP contribution in [0.15, 0.2) is 24.3 Å². The molecular weight excluding hydrogens is 270 g/mol. The second kappa shape index (κ2) is 7.19. The van der Waals surface area contributed by atoms with Crippen molar-refractivity contribution in [1.82, 2.24) is 10.6 Å². The van der Waals surface area contributed by atoms with E-state index in [4.69, 9.17) is 4.74 Å². The predicted octanol–water partition coefficient (Wildman–Crippen LogP) is 0.291. The van der Waals surface area contributed by atoms with Crippen LogP contribution in [0.2, 0.25) is 0 Å². The normalized spacial score (nSPS) is 21.0. The van der Waals surface area contributed by atoms with Crippen LogP contribution in [0.5, 0.6) is 0 Å². The first-order chi connectivity index (χ1) is 10.1. The molecule has 6 nitrogen and oxygen atoms in total. The molecule has 0 spiro atoms. The van der Waals surface area contributed by atoms with Crippen molar-refractivity contribution in [2.45, 2.75) is 25.0 Å². The highest BCUT2D eigenvalue weighted by molar-refractivity contribution is 5.95. The number of anilines is 1. The molecule has 2 atom stereocenters. The van der Waals surface area contributed by atoms with Gasteiger partial charge in [0.15, 0.2) is 0 Å². The molecular formula is C15H21N3O3. The average molecular weight is 291 g/mol. The van der Waals surface area contributed by atoms with Crippen molar-refractivity contribution in [2.75, 3.05) is 26.0 Å². The van der Waals surface area contributed by atoms with Gasteiger partial charge in [0.1, 0.15) is 0 Å². The second-order valence-corrected chi connectivity index (χ2v) is 5.09. The maximum Gasteiger partial charge on any atom is 0.241 e. The summed E-state index contributed by atoms with van der Waals surface area (Å²) in [5.74, 6) is -0.0962. The maximum absolute atomic E-state index is 12.1. The second-order valence-electron chi connectivity index (χ2n) is 5.09. The molecule has 0 radical (unpaired) electrons. The zero-order valence-electron chi connectivity index (χ0n) is 12.3. The Bertz CT molecular complexity index is 501. The van der Waals surface area contributed by atoms with Gasteiger partial charge in [-0.15, -0.1) is 0 Å². The lowest BCUT2D eigenvalue weighted by molar-refractivity contribution is -0.120.